The molecule has 0 bridgehead atoms. The highest BCUT2D eigenvalue weighted by molar-refractivity contribution is 6.31. The van der Waals surface area contributed by atoms with Crippen molar-refractivity contribution in [1.29, 1.82) is 0 Å². The predicted octanol–water partition coefficient (Wildman–Crippen LogP) is 5.88. The minimum atomic E-state index is -0.739. The molecule has 0 saturated heterocycles. The molecule has 4 aromatic rings. The molecule has 0 atom stereocenters. The van der Waals surface area contributed by atoms with Gasteiger partial charge in [0.2, 0.25) is 0 Å². The third-order valence-electron chi connectivity index (χ3n) is 5.49. The molecule has 2 amide bonds. The lowest BCUT2D eigenvalue weighted by Crippen LogP contribution is -2.18. The number of carbonyl (C=O) groups excluding carboxylic acids is 3. The number of hydrogen-bond donors (Lipinski definition) is 2. The first-order chi connectivity index (χ1) is 19.8. The van der Waals surface area contributed by atoms with Gasteiger partial charge in [0, 0.05) is 45.6 Å². The molecule has 0 unspecified atom stereocenters. The van der Waals surface area contributed by atoms with Crippen molar-refractivity contribution in [2.45, 2.75) is 0 Å². The summed E-state index contributed by atoms with van der Waals surface area (Å²) in [6.07, 6.45) is 3.78. The Morgan fingerprint density at radius 2 is 1.59 bits per heavy atom. The number of ether oxygens (including phenoxy) is 1. The first-order valence-corrected chi connectivity index (χ1v) is 12.4. The van der Waals surface area contributed by atoms with E-state index in [4.69, 9.17) is 16.3 Å². The minimum absolute atomic E-state index is 0.107. The smallest absolute Gasteiger partial charge is 0.336 e. The summed E-state index contributed by atoms with van der Waals surface area (Å²) in [4.78, 5) is 47.6. The second-order valence-corrected chi connectivity index (χ2v) is 8.82. The monoisotopic (exact) mass is 568 g/mol. The fourth-order valence-corrected chi connectivity index (χ4v) is 3.67. The Morgan fingerprint density at radius 3 is 2.32 bits per heavy atom. The number of non-ortho nitro benzene ring substituents is 1. The number of rotatable bonds is 9. The number of nitro benzene ring substituents is 1. The Balaban J connectivity index is 1.36. The second kappa shape index (κ2) is 13.5. The van der Waals surface area contributed by atoms with Gasteiger partial charge in [0.25, 0.3) is 17.5 Å². The molecule has 10 nitrogen and oxygen atoms in total. The van der Waals surface area contributed by atoms with Crippen molar-refractivity contribution in [3.63, 3.8) is 0 Å². The number of anilines is 1. The summed E-state index contributed by atoms with van der Waals surface area (Å²) in [5, 5.41) is 18.0. The van der Waals surface area contributed by atoms with Gasteiger partial charge in [-0.15, -0.1) is 0 Å². The maximum atomic E-state index is 12.5. The highest BCUT2D eigenvalue weighted by Crippen LogP contribution is 2.22. The summed E-state index contributed by atoms with van der Waals surface area (Å²) in [7, 11) is 0. The molecule has 0 saturated carbocycles. The van der Waals surface area contributed by atoms with E-state index in [2.05, 4.69) is 15.8 Å². The van der Waals surface area contributed by atoms with Crippen LogP contribution in [0.5, 0.6) is 5.75 Å². The third kappa shape index (κ3) is 8.19. The van der Waals surface area contributed by atoms with Gasteiger partial charge in [-0.25, -0.2) is 10.2 Å². The van der Waals surface area contributed by atoms with Crippen molar-refractivity contribution in [2.75, 3.05) is 5.32 Å². The molecule has 0 aliphatic heterocycles. The van der Waals surface area contributed by atoms with Gasteiger partial charge in [-0.2, -0.15) is 5.10 Å². The number of amides is 2. The van der Waals surface area contributed by atoms with Gasteiger partial charge in [0.05, 0.1) is 11.1 Å². The molecule has 4 rings (SSSR count). The van der Waals surface area contributed by atoms with Crippen molar-refractivity contribution in [3.8, 4) is 5.75 Å². The number of nitro groups is 1. The number of halogens is 1. The van der Waals surface area contributed by atoms with Crippen LogP contribution in [0.4, 0.5) is 11.4 Å². The number of carbonyl (C=O) groups is 3. The number of esters is 1. The zero-order valence-corrected chi connectivity index (χ0v) is 21.9. The van der Waals surface area contributed by atoms with E-state index < -0.39 is 16.8 Å². The summed E-state index contributed by atoms with van der Waals surface area (Å²) >= 11 is 6.07. The lowest BCUT2D eigenvalue weighted by atomic mass is 10.1. The van der Waals surface area contributed by atoms with Gasteiger partial charge < -0.3 is 10.1 Å². The molecule has 0 aliphatic rings. The Kier molecular flexibility index (Phi) is 9.32. The minimum Gasteiger partial charge on any atom is -0.423 e. The molecule has 0 fully saturated rings. The summed E-state index contributed by atoms with van der Waals surface area (Å²) in [6, 6.07) is 25.2. The van der Waals surface area contributed by atoms with Gasteiger partial charge >= 0.3 is 5.97 Å². The van der Waals surface area contributed by atoms with E-state index in [1.807, 2.05) is 6.07 Å². The fraction of sp³-hybridized carbons (Fsp3) is 0. The molecule has 2 N–H and O–H groups in total. The molecular formula is C30H21ClN4O6. The lowest BCUT2D eigenvalue weighted by molar-refractivity contribution is -0.384. The van der Waals surface area contributed by atoms with Crippen molar-refractivity contribution in [3.05, 3.63) is 141 Å². The quantitative estimate of drug-likeness (QED) is 0.0645. The molecule has 0 spiro atoms. The van der Waals surface area contributed by atoms with E-state index in [0.717, 1.165) is 6.08 Å². The highest BCUT2D eigenvalue weighted by atomic mass is 35.5. The molecule has 0 radical (unpaired) electrons. The Hall–Kier alpha value is -5.61. The summed E-state index contributed by atoms with van der Waals surface area (Å²) in [5.41, 5.74) is 4.36. The van der Waals surface area contributed by atoms with Crippen LogP contribution in [-0.4, -0.2) is 28.9 Å². The molecule has 4 aromatic carbocycles. The number of hydrazone groups is 1. The zero-order chi connectivity index (χ0) is 29.2. The van der Waals surface area contributed by atoms with Crippen LogP contribution >= 0.6 is 11.6 Å². The summed E-state index contributed by atoms with van der Waals surface area (Å²) < 4.78 is 5.36. The van der Waals surface area contributed by atoms with E-state index in [0.29, 0.717) is 33.0 Å². The van der Waals surface area contributed by atoms with Crippen LogP contribution < -0.4 is 15.5 Å². The van der Waals surface area contributed by atoms with Gasteiger partial charge in [0.15, 0.2) is 0 Å². The Bertz CT molecular complexity index is 1650. The normalized spacial score (nSPS) is 10.9. The molecule has 41 heavy (non-hydrogen) atoms. The van der Waals surface area contributed by atoms with Gasteiger partial charge in [-0.05, 0) is 66.2 Å². The van der Waals surface area contributed by atoms with Crippen LogP contribution in [0.3, 0.4) is 0 Å². The average Bonchev–Trinajstić information content (AvgIpc) is 2.98. The van der Waals surface area contributed by atoms with Crippen LogP contribution in [0.2, 0.25) is 5.02 Å². The van der Waals surface area contributed by atoms with E-state index in [9.17, 15) is 24.5 Å². The topological polar surface area (TPSA) is 140 Å². The number of benzene rings is 4. The van der Waals surface area contributed by atoms with E-state index >= 15 is 0 Å². The third-order valence-corrected chi connectivity index (χ3v) is 5.72. The van der Waals surface area contributed by atoms with Gasteiger partial charge in [0.1, 0.15) is 5.75 Å². The lowest BCUT2D eigenvalue weighted by Gasteiger charge is -2.07. The zero-order valence-electron chi connectivity index (χ0n) is 21.2. The van der Waals surface area contributed by atoms with Crippen molar-refractivity contribution in [2.24, 2.45) is 5.10 Å². The Morgan fingerprint density at radius 1 is 0.854 bits per heavy atom. The predicted molar refractivity (Wildman–Crippen MR) is 155 cm³/mol. The van der Waals surface area contributed by atoms with E-state index in [1.54, 1.807) is 42.5 Å². The SMILES string of the molecule is O=C(/C=C/c1cccc([N+](=O)[O-])c1)Oc1ccc(Cl)cc1/C=N/NC(=O)c1ccc(NC(=O)c2ccccc2)cc1. The van der Waals surface area contributed by atoms with Gasteiger partial charge in [-0.3, -0.25) is 19.7 Å². The molecule has 11 heteroatoms. The summed E-state index contributed by atoms with van der Waals surface area (Å²) in [5.74, 6) is -1.40. The van der Waals surface area contributed by atoms with Crippen LogP contribution in [0.15, 0.2) is 108 Å². The number of nitrogens with zero attached hydrogens (tertiary/aromatic N) is 2. The second-order valence-electron chi connectivity index (χ2n) is 8.39. The standard InChI is InChI=1S/C30H21ClN4O6/c31-24-12-15-27(41-28(36)16-9-20-5-4-8-26(17-20)35(39)40)23(18-24)19-32-34-30(38)22-10-13-25(14-11-22)33-29(37)21-6-2-1-3-7-21/h1-19H,(H,33,37)(H,34,38)/b16-9+,32-19+. The molecule has 0 heterocycles. The van der Waals surface area contributed by atoms with Crippen LogP contribution in [0.1, 0.15) is 31.8 Å². The molecule has 0 aromatic heterocycles. The van der Waals surface area contributed by atoms with E-state index in [-0.39, 0.29) is 17.3 Å². The van der Waals surface area contributed by atoms with Crippen molar-refractivity contribution in [1.82, 2.24) is 5.43 Å². The fourth-order valence-electron chi connectivity index (χ4n) is 3.48. The molecular weight excluding hydrogens is 548 g/mol. The average molecular weight is 569 g/mol. The molecule has 204 valence electrons. The Labute approximate surface area is 239 Å². The molecule has 0 aliphatic carbocycles. The summed E-state index contributed by atoms with van der Waals surface area (Å²) in [6.45, 7) is 0. The van der Waals surface area contributed by atoms with Crippen LogP contribution in [0, 0.1) is 10.1 Å². The maximum Gasteiger partial charge on any atom is 0.336 e. The highest BCUT2D eigenvalue weighted by Gasteiger charge is 2.10. The number of hydrogen-bond acceptors (Lipinski definition) is 7. The van der Waals surface area contributed by atoms with Crippen LogP contribution in [-0.2, 0) is 4.79 Å². The van der Waals surface area contributed by atoms with Crippen LogP contribution in [0.25, 0.3) is 6.08 Å². The largest absolute Gasteiger partial charge is 0.423 e. The first kappa shape index (κ1) is 28.4. The van der Waals surface area contributed by atoms with Crippen molar-refractivity contribution < 1.29 is 24.0 Å². The maximum absolute atomic E-state index is 12.5. The van der Waals surface area contributed by atoms with Crippen molar-refractivity contribution >= 4 is 53.0 Å². The number of nitrogens with one attached hydrogen (secondary N) is 2. The van der Waals surface area contributed by atoms with Gasteiger partial charge in [-0.1, -0.05) is 41.9 Å². The van der Waals surface area contributed by atoms with E-state index in [1.165, 1.54) is 60.8 Å². The first-order valence-electron chi connectivity index (χ1n) is 12.0.